The van der Waals surface area contributed by atoms with Gasteiger partial charge in [0, 0.05) is 12.0 Å². The second-order valence-electron chi connectivity index (χ2n) is 7.00. The second-order valence-corrected chi connectivity index (χ2v) is 7.00. The van der Waals surface area contributed by atoms with Crippen molar-refractivity contribution < 1.29 is 4.84 Å². The van der Waals surface area contributed by atoms with Crippen LogP contribution >= 0.6 is 0 Å². The first-order valence-corrected chi connectivity index (χ1v) is 9.64. The number of oxime groups is 1. The zero-order chi connectivity index (χ0) is 19.5. The molecule has 1 heterocycles. The molecule has 3 aromatic rings. The van der Waals surface area contributed by atoms with Crippen LogP contribution in [0.3, 0.4) is 0 Å². The van der Waals surface area contributed by atoms with Gasteiger partial charge in [0.2, 0.25) is 5.95 Å². The molecule has 0 saturated carbocycles. The highest BCUT2D eigenvalue weighted by Gasteiger charge is 2.30. The Kier molecular flexibility index (Phi) is 5.06. The van der Waals surface area contributed by atoms with Crippen LogP contribution in [0.25, 0.3) is 11.1 Å². The van der Waals surface area contributed by atoms with Crippen LogP contribution in [0.4, 0.5) is 5.95 Å². The first-order valence-electron chi connectivity index (χ1n) is 9.64. The third-order valence-corrected chi connectivity index (χ3v) is 5.14. The third-order valence-electron chi connectivity index (χ3n) is 5.14. The Morgan fingerprint density at radius 2 is 1.79 bits per heavy atom. The fourth-order valence-corrected chi connectivity index (χ4v) is 4.00. The fraction of sp³-hybridized carbons (Fsp3) is 0.261. The van der Waals surface area contributed by atoms with E-state index < -0.39 is 0 Å². The van der Waals surface area contributed by atoms with E-state index in [1.54, 1.807) is 0 Å². The molecule has 1 aliphatic rings. The highest BCUT2D eigenvalue weighted by atomic mass is 16.6. The summed E-state index contributed by atoms with van der Waals surface area (Å²) in [6, 6.07) is 19.0. The SMILES string of the molecule is CCO/N=C1\CC(c2ccccc2-c2ccccc2)Cc2nc(N)nc(C)c21. The molecule has 0 spiro atoms. The van der Waals surface area contributed by atoms with Crippen LogP contribution < -0.4 is 5.73 Å². The summed E-state index contributed by atoms with van der Waals surface area (Å²) in [5.74, 6) is 0.556. The lowest BCUT2D eigenvalue weighted by Crippen LogP contribution is -2.24. The summed E-state index contributed by atoms with van der Waals surface area (Å²) in [7, 11) is 0. The van der Waals surface area contributed by atoms with Gasteiger partial charge < -0.3 is 10.6 Å². The van der Waals surface area contributed by atoms with Gasteiger partial charge >= 0.3 is 0 Å². The summed E-state index contributed by atoms with van der Waals surface area (Å²) in [6.45, 7) is 4.41. The maximum Gasteiger partial charge on any atom is 0.220 e. The molecule has 0 aliphatic heterocycles. The Labute approximate surface area is 165 Å². The Hall–Kier alpha value is -3.21. The van der Waals surface area contributed by atoms with Gasteiger partial charge in [0.05, 0.1) is 17.1 Å². The maximum atomic E-state index is 5.94. The zero-order valence-electron chi connectivity index (χ0n) is 16.2. The van der Waals surface area contributed by atoms with Gasteiger partial charge in [0.15, 0.2) is 0 Å². The lowest BCUT2D eigenvalue weighted by atomic mass is 9.78. The number of nitrogens with zero attached hydrogens (tertiary/aromatic N) is 3. The lowest BCUT2D eigenvalue weighted by molar-refractivity contribution is 0.158. The normalized spacial score (nSPS) is 17.4. The van der Waals surface area contributed by atoms with E-state index >= 15 is 0 Å². The quantitative estimate of drug-likeness (QED) is 0.684. The van der Waals surface area contributed by atoms with E-state index in [0.29, 0.717) is 12.6 Å². The van der Waals surface area contributed by atoms with Crippen molar-refractivity contribution in [1.82, 2.24) is 9.97 Å². The van der Waals surface area contributed by atoms with Gasteiger partial charge in [-0.1, -0.05) is 59.8 Å². The van der Waals surface area contributed by atoms with E-state index in [4.69, 9.17) is 10.6 Å². The van der Waals surface area contributed by atoms with Crippen molar-refractivity contribution in [2.45, 2.75) is 32.6 Å². The average molecular weight is 372 g/mol. The van der Waals surface area contributed by atoms with E-state index in [2.05, 4.69) is 63.7 Å². The van der Waals surface area contributed by atoms with Gasteiger partial charge in [-0.2, -0.15) is 0 Å². The summed E-state index contributed by atoms with van der Waals surface area (Å²) in [6.07, 6.45) is 1.59. The third kappa shape index (κ3) is 3.48. The minimum absolute atomic E-state index is 0.247. The summed E-state index contributed by atoms with van der Waals surface area (Å²) >= 11 is 0. The number of aromatic nitrogens is 2. The van der Waals surface area contributed by atoms with Crippen molar-refractivity contribution in [3.05, 3.63) is 77.1 Å². The van der Waals surface area contributed by atoms with Crippen LogP contribution in [-0.2, 0) is 11.3 Å². The van der Waals surface area contributed by atoms with Gasteiger partial charge in [-0.3, -0.25) is 0 Å². The zero-order valence-corrected chi connectivity index (χ0v) is 16.2. The molecule has 0 fully saturated rings. The second kappa shape index (κ2) is 7.80. The van der Waals surface area contributed by atoms with Crippen molar-refractivity contribution in [3.8, 4) is 11.1 Å². The largest absolute Gasteiger partial charge is 0.396 e. The molecule has 1 unspecified atom stereocenters. The Morgan fingerprint density at radius 1 is 1.04 bits per heavy atom. The van der Waals surface area contributed by atoms with E-state index in [1.807, 2.05) is 19.9 Å². The molecule has 1 aromatic heterocycles. The first kappa shape index (κ1) is 18.2. The summed E-state index contributed by atoms with van der Waals surface area (Å²) < 4.78 is 0. The van der Waals surface area contributed by atoms with Gasteiger partial charge in [-0.25, -0.2) is 9.97 Å². The molecule has 0 saturated heterocycles. The standard InChI is InChI=1S/C23H24N4O/c1-3-28-27-21-14-17(13-20-22(21)15(2)25-23(24)26-20)19-12-8-7-11-18(19)16-9-5-4-6-10-16/h4-12,17H,3,13-14H2,1-2H3,(H2,24,25,26)/b27-21+. The topological polar surface area (TPSA) is 73.4 Å². The molecule has 1 atom stereocenters. The monoisotopic (exact) mass is 372 g/mol. The molecular weight excluding hydrogens is 348 g/mol. The number of fused-ring (bicyclic) bond motifs is 1. The Morgan fingerprint density at radius 3 is 2.57 bits per heavy atom. The van der Waals surface area contributed by atoms with Crippen LogP contribution in [0.1, 0.15) is 41.8 Å². The van der Waals surface area contributed by atoms with E-state index in [0.717, 1.165) is 35.5 Å². The summed E-state index contributed by atoms with van der Waals surface area (Å²) in [5.41, 5.74) is 13.4. The van der Waals surface area contributed by atoms with E-state index in [9.17, 15) is 0 Å². The van der Waals surface area contributed by atoms with Gasteiger partial charge in [-0.15, -0.1) is 0 Å². The minimum atomic E-state index is 0.247. The molecule has 2 N–H and O–H groups in total. The van der Waals surface area contributed by atoms with Crippen molar-refractivity contribution in [2.24, 2.45) is 5.16 Å². The Balaban J connectivity index is 1.81. The molecule has 0 amide bonds. The number of nitrogen functional groups attached to an aromatic ring is 1. The first-order chi connectivity index (χ1) is 13.7. The maximum absolute atomic E-state index is 5.94. The number of hydrogen-bond acceptors (Lipinski definition) is 5. The van der Waals surface area contributed by atoms with Crippen molar-refractivity contribution in [1.29, 1.82) is 0 Å². The van der Waals surface area contributed by atoms with Crippen molar-refractivity contribution in [2.75, 3.05) is 12.3 Å². The van der Waals surface area contributed by atoms with Crippen LogP contribution in [0.2, 0.25) is 0 Å². The highest BCUT2D eigenvalue weighted by Crippen LogP contribution is 2.38. The fourth-order valence-electron chi connectivity index (χ4n) is 4.00. The predicted molar refractivity (Wildman–Crippen MR) is 112 cm³/mol. The highest BCUT2D eigenvalue weighted by molar-refractivity contribution is 6.03. The van der Waals surface area contributed by atoms with Gasteiger partial charge in [0.25, 0.3) is 0 Å². The van der Waals surface area contributed by atoms with Crippen LogP contribution in [0.15, 0.2) is 59.8 Å². The van der Waals surface area contributed by atoms with Crippen molar-refractivity contribution in [3.63, 3.8) is 0 Å². The molecule has 4 rings (SSSR count). The molecular formula is C23H24N4O. The van der Waals surface area contributed by atoms with Crippen LogP contribution in [-0.4, -0.2) is 22.3 Å². The number of rotatable bonds is 4. The lowest BCUT2D eigenvalue weighted by Gasteiger charge is -2.28. The number of aryl methyl sites for hydroxylation is 1. The molecule has 5 heteroatoms. The smallest absolute Gasteiger partial charge is 0.220 e. The molecule has 5 nitrogen and oxygen atoms in total. The molecule has 0 radical (unpaired) electrons. The van der Waals surface area contributed by atoms with Crippen LogP contribution in [0.5, 0.6) is 0 Å². The Bertz CT molecular complexity index is 1010. The number of hydrogen-bond donors (Lipinski definition) is 1. The molecule has 142 valence electrons. The number of nitrogens with two attached hydrogens (primary N) is 1. The molecule has 1 aliphatic carbocycles. The van der Waals surface area contributed by atoms with Gasteiger partial charge in [0.1, 0.15) is 6.61 Å². The number of anilines is 1. The minimum Gasteiger partial charge on any atom is -0.396 e. The molecule has 0 bridgehead atoms. The van der Waals surface area contributed by atoms with E-state index in [1.165, 1.54) is 16.7 Å². The number of benzene rings is 2. The summed E-state index contributed by atoms with van der Waals surface area (Å²) in [4.78, 5) is 14.3. The van der Waals surface area contributed by atoms with Crippen LogP contribution in [0, 0.1) is 6.92 Å². The summed E-state index contributed by atoms with van der Waals surface area (Å²) in [5, 5.41) is 4.41. The average Bonchev–Trinajstić information content (AvgIpc) is 2.72. The predicted octanol–water partition coefficient (Wildman–Crippen LogP) is 4.50. The molecule has 28 heavy (non-hydrogen) atoms. The van der Waals surface area contributed by atoms with E-state index in [-0.39, 0.29) is 5.92 Å². The van der Waals surface area contributed by atoms with Gasteiger partial charge in [-0.05, 0) is 42.9 Å². The molecule has 2 aromatic carbocycles. The van der Waals surface area contributed by atoms with Crippen molar-refractivity contribution >= 4 is 11.7 Å².